The van der Waals surface area contributed by atoms with Gasteiger partial charge in [-0.1, -0.05) is 54.6 Å². The van der Waals surface area contributed by atoms with E-state index in [0.29, 0.717) is 37.0 Å². The number of methoxy groups -OCH3 is 1. The predicted molar refractivity (Wildman–Crippen MR) is 171 cm³/mol. The van der Waals surface area contributed by atoms with Crippen molar-refractivity contribution in [2.24, 2.45) is 18.9 Å². The fraction of sp³-hybridized carbons (Fsp3) is 0.400. The molecule has 5 rings (SSSR count). The van der Waals surface area contributed by atoms with Crippen molar-refractivity contribution in [3.8, 4) is 17.2 Å². The van der Waals surface area contributed by atoms with Crippen molar-refractivity contribution < 1.29 is 9.53 Å². The van der Waals surface area contributed by atoms with Crippen LogP contribution in [0.4, 0.5) is 5.82 Å². The lowest BCUT2D eigenvalue weighted by Crippen LogP contribution is -2.35. The zero-order chi connectivity index (χ0) is 30.7. The summed E-state index contributed by atoms with van der Waals surface area (Å²) in [7, 11) is 3.59. The quantitative estimate of drug-likeness (QED) is 0.193. The molecule has 1 saturated carbocycles. The van der Waals surface area contributed by atoms with Crippen molar-refractivity contribution in [2.45, 2.75) is 51.0 Å². The van der Waals surface area contributed by atoms with Crippen molar-refractivity contribution >= 4 is 11.7 Å². The summed E-state index contributed by atoms with van der Waals surface area (Å²) in [4.78, 5) is 23.0. The molecule has 1 aliphatic carbocycles. The molecular formula is C35H41N7O2. The van der Waals surface area contributed by atoms with Gasteiger partial charge in [-0.2, -0.15) is 10.4 Å². The van der Waals surface area contributed by atoms with Gasteiger partial charge < -0.3 is 15.4 Å². The van der Waals surface area contributed by atoms with Crippen LogP contribution in [0.5, 0.6) is 0 Å². The fourth-order valence-corrected chi connectivity index (χ4v) is 6.13. The van der Waals surface area contributed by atoms with Crippen molar-refractivity contribution in [1.82, 2.24) is 25.1 Å². The molecule has 9 nitrogen and oxygen atoms in total. The van der Waals surface area contributed by atoms with Gasteiger partial charge in [0.1, 0.15) is 23.3 Å². The minimum absolute atomic E-state index is 0.0750. The highest BCUT2D eigenvalue weighted by Crippen LogP contribution is 2.40. The second-order valence-corrected chi connectivity index (χ2v) is 11.6. The van der Waals surface area contributed by atoms with E-state index in [4.69, 9.17) is 9.72 Å². The zero-order valence-electron chi connectivity index (χ0n) is 25.6. The second kappa shape index (κ2) is 15.3. The highest BCUT2D eigenvalue weighted by atomic mass is 16.5. The first-order chi connectivity index (χ1) is 21.5. The van der Waals surface area contributed by atoms with E-state index in [1.165, 1.54) is 0 Å². The first-order valence-electron chi connectivity index (χ1n) is 15.4. The molecule has 0 radical (unpaired) electrons. The predicted octanol–water partition coefficient (Wildman–Crippen LogP) is 5.65. The molecular weight excluding hydrogens is 550 g/mol. The van der Waals surface area contributed by atoms with Crippen LogP contribution in [-0.4, -0.2) is 45.9 Å². The van der Waals surface area contributed by atoms with E-state index < -0.39 is 0 Å². The maximum Gasteiger partial charge on any atom is 0.228 e. The summed E-state index contributed by atoms with van der Waals surface area (Å²) in [5, 5.41) is 20.3. The Kier molecular flexibility index (Phi) is 10.7. The lowest BCUT2D eigenvalue weighted by atomic mass is 9.72. The largest absolute Gasteiger partial charge is 0.385 e. The Bertz CT molecular complexity index is 1540. The number of hydrogen-bond donors (Lipinski definition) is 2. The fourth-order valence-electron chi connectivity index (χ4n) is 6.13. The van der Waals surface area contributed by atoms with Gasteiger partial charge in [0.05, 0.1) is 18.3 Å². The smallest absolute Gasteiger partial charge is 0.228 e. The highest BCUT2D eigenvalue weighted by Gasteiger charge is 2.33. The van der Waals surface area contributed by atoms with Gasteiger partial charge in [0.25, 0.3) is 0 Å². The van der Waals surface area contributed by atoms with Crippen molar-refractivity contribution in [2.75, 3.05) is 25.6 Å². The molecule has 1 aliphatic rings. The van der Waals surface area contributed by atoms with Crippen LogP contribution >= 0.6 is 0 Å². The van der Waals surface area contributed by atoms with E-state index in [1.807, 2.05) is 49.8 Å². The van der Waals surface area contributed by atoms with Crippen LogP contribution in [0.25, 0.3) is 11.1 Å². The molecule has 1 fully saturated rings. The van der Waals surface area contributed by atoms with Gasteiger partial charge in [-0.3, -0.25) is 9.48 Å². The van der Waals surface area contributed by atoms with Gasteiger partial charge in [0, 0.05) is 52.0 Å². The zero-order valence-corrected chi connectivity index (χ0v) is 25.6. The topological polar surface area (TPSA) is 118 Å². The van der Waals surface area contributed by atoms with Crippen LogP contribution < -0.4 is 10.6 Å². The van der Waals surface area contributed by atoms with E-state index in [2.05, 4.69) is 51.1 Å². The third-order valence-electron chi connectivity index (χ3n) is 8.51. The standard InChI is InChI=1S/C35H41N7O2/c1-42-24-31(23-40-42)27-13-15-29(16-14-27)33(35(43)39-21-26-7-4-3-5-8-26)28-11-9-25(10-12-28)19-32-38-22-30(20-36)34(41-32)37-17-6-18-44-2/h3-5,7-8,13-16,22-25,28,33H,6,9-12,17-19,21H2,1-2H3,(H,39,43)(H,37,38,41). The number of nitrogens with one attached hydrogen (secondary N) is 2. The van der Waals surface area contributed by atoms with E-state index in [-0.39, 0.29) is 17.7 Å². The number of nitriles is 1. The van der Waals surface area contributed by atoms with Gasteiger partial charge >= 0.3 is 0 Å². The molecule has 2 aromatic heterocycles. The number of rotatable bonds is 13. The van der Waals surface area contributed by atoms with Gasteiger partial charge in [-0.15, -0.1) is 0 Å². The Morgan fingerprint density at radius 3 is 2.52 bits per heavy atom. The first kappa shape index (κ1) is 30.9. The molecule has 0 aliphatic heterocycles. The van der Waals surface area contributed by atoms with Crippen LogP contribution in [-0.2, 0) is 29.5 Å². The summed E-state index contributed by atoms with van der Waals surface area (Å²) >= 11 is 0. The van der Waals surface area contributed by atoms with Crippen LogP contribution in [0.2, 0.25) is 0 Å². The van der Waals surface area contributed by atoms with Gasteiger partial charge in [-0.25, -0.2) is 9.97 Å². The number of nitrogens with zero attached hydrogens (tertiary/aromatic N) is 5. The van der Waals surface area contributed by atoms with Gasteiger partial charge in [-0.05, 0) is 60.6 Å². The van der Waals surface area contributed by atoms with E-state index >= 15 is 0 Å². The van der Waals surface area contributed by atoms with Crippen LogP contribution in [0.3, 0.4) is 0 Å². The van der Waals surface area contributed by atoms with Crippen LogP contribution in [0.15, 0.2) is 73.2 Å². The lowest BCUT2D eigenvalue weighted by molar-refractivity contribution is -0.124. The highest BCUT2D eigenvalue weighted by molar-refractivity contribution is 5.84. The molecule has 2 aromatic carbocycles. The van der Waals surface area contributed by atoms with Gasteiger partial charge in [0.15, 0.2) is 0 Å². The molecule has 9 heteroatoms. The number of amides is 1. The number of hydrogen-bond acceptors (Lipinski definition) is 7. The Morgan fingerprint density at radius 2 is 1.84 bits per heavy atom. The normalized spacial score (nSPS) is 17.0. The third kappa shape index (κ3) is 8.08. The van der Waals surface area contributed by atoms with Crippen molar-refractivity contribution in [3.63, 3.8) is 0 Å². The molecule has 1 amide bonds. The van der Waals surface area contributed by atoms with Crippen LogP contribution in [0.1, 0.15) is 60.5 Å². The maximum atomic E-state index is 13.8. The monoisotopic (exact) mass is 591 g/mol. The number of carbonyl (C=O) groups is 1. The Morgan fingerprint density at radius 1 is 1.07 bits per heavy atom. The third-order valence-corrected chi connectivity index (χ3v) is 8.51. The first-order valence-corrected chi connectivity index (χ1v) is 15.4. The average molecular weight is 592 g/mol. The summed E-state index contributed by atoms with van der Waals surface area (Å²) in [6, 6.07) is 20.6. The van der Waals surface area contributed by atoms with Crippen molar-refractivity contribution in [3.05, 3.63) is 95.7 Å². The molecule has 2 heterocycles. The molecule has 4 aromatic rings. The molecule has 0 spiro atoms. The number of aryl methyl sites for hydroxylation is 1. The molecule has 228 valence electrons. The average Bonchev–Trinajstić information content (AvgIpc) is 3.50. The SMILES string of the molecule is COCCCNc1nc(CC2CCC(C(C(=O)NCc3ccccc3)c3ccc(-c4cnn(C)c4)cc3)CC2)ncc1C#N. The molecule has 2 N–H and O–H groups in total. The summed E-state index contributed by atoms with van der Waals surface area (Å²) in [6.07, 6.45) is 11.0. The number of ether oxygens (including phenoxy) is 1. The summed E-state index contributed by atoms with van der Waals surface area (Å²) in [6.45, 7) is 1.84. The summed E-state index contributed by atoms with van der Waals surface area (Å²) in [5.41, 5.74) is 4.73. The van der Waals surface area contributed by atoms with Gasteiger partial charge in [0.2, 0.25) is 5.91 Å². The Balaban J connectivity index is 1.26. The molecule has 0 bridgehead atoms. The van der Waals surface area contributed by atoms with E-state index in [0.717, 1.165) is 66.6 Å². The van der Waals surface area contributed by atoms with Crippen LogP contribution in [0, 0.1) is 23.2 Å². The second-order valence-electron chi connectivity index (χ2n) is 11.6. The molecule has 44 heavy (non-hydrogen) atoms. The lowest BCUT2D eigenvalue weighted by Gasteiger charge is -2.33. The Labute approximate surface area is 259 Å². The minimum atomic E-state index is -0.225. The number of aromatic nitrogens is 4. The van der Waals surface area contributed by atoms with E-state index in [9.17, 15) is 10.1 Å². The Hall–Kier alpha value is -4.55. The molecule has 0 saturated heterocycles. The number of benzene rings is 2. The van der Waals surface area contributed by atoms with E-state index in [1.54, 1.807) is 18.0 Å². The summed E-state index contributed by atoms with van der Waals surface area (Å²) < 4.78 is 6.92. The molecule has 1 unspecified atom stereocenters. The number of carbonyl (C=O) groups excluding carboxylic acids is 1. The maximum absolute atomic E-state index is 13.8. The molecule has 1 atom stereocenters. The number of anilines is 1. The minimum Gasteiger partial charge on any atom is -0.385 e. The summed E-state index contributed by atoms with van der Waals surface area (Å²) in [5.74, 6) is 1.87. The van der Waals surface area contributed by atoms with Crippen molar-refractivity contribution in [1.29, 1.82) is 5.26 Å².